The van der Waals surface area contributed by atoms with E-state index in [4.69, 9.17) is 9.47 Å². The highest BCUT2D eigenvalue weighted by atomic mass is 16.5. The topological polar surface area (TPSA) is 77.4 Å². The van der Waals surface area contributed by atoms with Gasteiger partial charge in [0.15, 0.2) is 5.76 Å². The lowest BCUT2D eigenvalue weighted by Crippen LogP contribution is -2.11. The monoisotopic (exact) mass is 303 g/mol. The van der Waals surface area contributed by atoms with Gasteiger partial charge in [0.05, 0.1) is 32.6 Å². The van der Waals surface area contributed by atoms with Gasteiger partial charge >= 0.3 is 5.97 Å². The molecule has 1 N–H and O–H groups in total. The second-order valence-electron chi connectivity index (χ2n) is 4.52. The number of aliphatic hydroxyl groups is 1. The van der Waals surface area contributed by atoms with Crippen LogP contribution in [-0.2, 0) is 9.53 Å². The van der Waals surface area contributed by atoms with Gasteiger partial charge in [0.2, 0.25) is 0 Å². The van der Waals surface area contributed by atoms with Crippen LogP contribution in [0, 0.1) is 0 Å². The molecule has 6 nitrogen and oxygen atoms in total. The minimum Gasteiger partial charge on any atom is -0.505 e. The van der Waals surface area contributed by atoms with Gasteiger partial charge in [-0.05, 0) is 25.1 Å². The molecular weight excluding hydrogens is 286 g/mol. The van der Waals surface area contributed by atoms with Crippen LogP contribution < -0.4 is 9.47 Å². The number of methoxy groups -OCH3 is 3. The Hall–Kier alpha value is -2.76. The Labute approximate surface area is 128 Å². The van der Waals surface area contributed by atoms with E-state index in [1.807, 2.05) is 0 Å². The highest BCUT2D eigenvalue weighted by Gasteiger charge is 2.27. The fraction of sp³-hybridized carbons (Fsp3) is 0.250. The van der Waals surface area contributed by atoms with Gasteiger partial charge in [-0.15, -0.1) is 0 Å². The first-order valence-corrected chi connectivity index (χ1v) is 6.53. The summed E-state index contributed by atoms with van der Waals surface area (Å²) in [6.07, 6.45) is 1.60. The maximum absolute atomic E-state index is 11.7. The van der Waals surface area contributed by atoms with Crippen LogP contribution in [0.2, 0.25) is 0 Å². The summed E-state index contributed by atoms with van der Waals surface area (Å²) >= 11 is 0. The summed E-state index contributed by atoms with van der Waals surface area (Å²) in [6.45, 7) is 1.63. The molecule has 0 saturated heterocycles. The zero-order valence-corrected chi connectivity index (χ0v) is 12.8. The largest absolute Gasteiger partial charge is 0.505 e. The standard InChI is InChI=1S/C16H17NO5/c1-9-14(16(19)22-4)15(18)11(17-9)8-10-12(20-2)6-5-7-13(10)21-3/h5-8,18H,1-4H3. The second-order valence-corrected chi connectivity index (χ2v) is 4.52. The van der Waals surface area contributed by atoms with Crippen molar-refractivity contribution < 1.29 is 24.1 Å². The number of aliphatic hydroxyl groups excluding tert-OH is 1. The number of rotatable bonds is 4. The Bertz CT molecular complexity index is 678. The second kappa shape index (κ2) is 6.34. The van der Waals surface area contributed by atoms with Crippen LogP contribution >= 0.6 is 0 Å². The third-order valence-corrected chi connectivity index (χ3v) is 3.27. The average Bonchev–Trinajstić information content (AvgIpc) is 2.81. The lowest BCUT2D eigenvalue weighted by molar-refractivity contribution is -0.135. The van der Waals surface area contributed by atoms with E-state index in [-0.39, 0.29) is 17.0 Å². The van der Waals surface area contributed by atoms with Crippen molar-refractivity contribution in [1.82, 2.24) is 0 Å². The summed E-state index contributed by atoms with van der Waals surface area (Å²) in [5.74, 6) is 0.282. The molecule has 0 saturated carbocycles. The van der Waals surface area contributed by atoms with Gasteiger partial charge < -0.3 is 19.3 Å². The van der Waals surface area contributed by atoms with Crippen LogP contribution in [-0.4, -0.2) is 38.1 Å². The third kappa shape index (κ3) is 2.67. The Morgan fingerprint density at radius 2 is 1.77 bits per heavy atom. The summed E-state index contributed by atoms with van der Waals surface area (Å²) < 4.78 is 15.2. The number of aliphatic imine (C=N–C) groups is 1. The molecule has 0 amide bonds. The van der Waals surface area contributed by atoms with Gasteiger partial charge in [-0.25, -0.2) is 9.79 Å². The number of hydrogen-bond acceptors (Lipinski definition) is 6. The molecule has 22 heavy (non-hydrogen) atoms. The molecule has 1 aliphatic rings. The van der Waals surface area contributed by atoms with Crippen LogP contribution in [0.1, 0.15) is 12.5 Å². The van der Waals surface area contributed by atoms with Gasteiger partial charge in [0.1, 0.15) is 22.8 Å². The molecule has 0 fully saturated rings. The molecule has 0 bridgehead atoms. The molecule has 1 aromatic carbocycles. The van der Waals surface area contributed by atoms with Crippen molar-refractivity contribution in [3.8, 4) is 11.5 Å². The van der Waals surface area contributed by atoms with Crippen LogP contribution in [0.4, 0.5) is 0 Å². The smallest absolute Gasteiger partial charge is 0.343 e. The number of carbonyl (C=O) groups excluding carboxylic acids is 1. The van der Waals surface area contributed by atoms with Crippen LogP contribution in [0.3, 0.4) is 0 Å². The zero-order valence-electron chi connectivity index (χ0n) is 12.8. The number of esters is 1. The molecule has 0 unspecified atom stereocenters. The van der Waals surface area contributed by atoms with E-state index < -0.39 is 5.97 Å². The molecule has 0 aromatic heterocycles. The Kier molecular flexibility index (Phi) is 4.50. The fourth-order valence-corrected chi connectivity index (χ4v) is 2.19. The molecule has 116 valence electrons. The summed E-state index contributed by atoms with van der Waals surface area (Å²) in [6, 6.07) is 5.32. The average molecular weight is 303 g/mol. The van der Waals surface area contributed by atoms with Crippen LogP contribution in [0.5, 0.6) is 11.5 Å². The fourth-order valence-electron chi connectivity index (χ4n) is 2.19. The molecule has 6 heteroatoms. The van der Waals surface area contributed by atoms with Gasteiger partial charge in [-0.1, -0.05) is 6.07 Å². The van der Waals surface area contributed by atoms with Gasteiger partial charge in [-0.3, -0.25) is 0 Å². The normalized spacial score (nSPS) is 15.8. The molecule has 1 heterocycles. The van der Waals surface area contributed by atoms with Crippen LogP contribution in [0.15, 0.2) is 40.2 Å². The van der Waals surface area contributed by atoms with Crippen molar-refractivity contribution >= 4 is 17.8 Å². The predicted molar refractivity (Wildman–Crippen MR) is 82.3 cm³/mol. The number of ether oxygens (including phenoxy) is 3. The predicted octanol–water partition coefficient (Wildman–Crippen LogP) is 2.50. The lowest BCUT2D eigenvalue weighted by Gasteiger charge is -2.10. The molecule has 1 aromatic rings. The summed E-state index contributed by atoms with van der Waals surface area (Å²) in [7, 11) is 4.33. The Morgan fingerprint density at radius 3 is 2.27 bits per heavy atom. The van der Waals surface area contributed by atoms with Crippen molar-refractivity contribution in [3.63, 3.8) is 0 Å². The molecule has 2 rings (SSSR count). The summed E-state index contributed by atoms with van der Waals surface area (Å²) in [5.41, 5.74) is 1.32. The van der Waals surface area contributed by atoms with E-state index in [0.717, 1.165) is 0 Å². The summed E-state index contributed by atoms with van der Waals surface area (Å²) in [4.78, 5) is 15.9. The van der Waals surface area contributed by atoms with E-state index in [0.29, 0.717) is 22.8 Å². The number of hydrogen-bond donors (Lipinski definition) is 1. The van der Waals surface area contributed by atoms with Gasteiger partial charge in [-0.2, -0.15) is 0 Å². The highest BCUT2D eigenvalue weighted by Crippen LogP contribution is 2.34. The quantitative estimate of drug-likeness (QED) is 0.865. The third-order valence-electron chi connectivity index (χ3n) is 3.27. The summed E-state index contributed by atoms with van der Waals surface area (Å²) in [5, 5.41) is 10.2. The highest BCUT2D eigenvalue weighted by molar-refractivity contribution is 6.22. The first kappa shape index (κ1) is 15.6. The molecule has 1 aliphatic heterocycles. The van der Waals surface area contributed by atoms with Gasteiger partial charge in [0, 0.05) is 0 Å². The number of nitrogens with zero attached hydrogens (tertiary/aromatic N) is 1. The first-order chi connectivity index (χ1) is 10.5. The number of carbonyl (C=O) groups is 1. The zero-order chi connectivity index (χ0) is 16.3. The van der Waals surface area contributed by atoms with E-state index >= 15 is 0 Å². The molecule has 0 aliphatic carbocycles. The molecule has 0 atom stereocenters. The minimum atomic E-state index is -0.630. The van der Waals surface area contributed by atoms with E-state index in [1.165, 1.54) is 21.3 Å². The van der Waals surface area contributed by atoms with E-state index in [2.05, 4.69) is 9.73 Å². The van der Waals surface area contributed by atoms with E-state index in [1.54, 1.807) is 31.2 Å². The molecule has 0 radical (unpaired) electrons. The Morgan fingerprint density at radius 1 is 1.18 bits per heavy atom. The first-order valence-electron chi connectivity index (χ1n) is 6.53. The van der Waals surface area contributed by atoms with E-state index in [9.17, 15) is 9.90 Å². The van der Waals surface area contributed by atoms with Crippen molar-refractivity contribution in [2.24, 2.45) is 4.99 Å². The Balaban J connectivity index is 2.57. The molecular formula is C16H17NO5. The minimum absolute atomic E-state index is 0.0580. The van der Waals surface area contributed by atoms with Crippen molar-refractivity contribution in [2.45, 2.75) is 6.92 Å². The lowest BCUT2D eigenvalue weighted by atomic mass is 10.1. The van der Waals surface area contributed by atoms with Crippen molar-refractivity contribution in [1.29, 1.82) is 0 Å². The SMILES string of the molecule is COC(=O)C1=C(O)C(=Cc2c(OC)cccc2OC)N=C1C. The van der Waals surface area contributed by atoms with Gasteiger partial charge in [0.25, 0.3) is 0 Å². The van der Waals surface area contributed by atoms with Crippen molar-refractivity contribution in [3.05, 3.63) is 40.8 Å². The number of benzene rings is 1. The maximum Gasteiger partial charge on any atom is 0.343 e. The maximum atomic E-state index is 11.7. The molecule has 0 spiro atoms. The van der Waals surface area contributed by atoms with Crippen LogP contribution in [0.25, 0.3) is 6.08 Å². The van der Waals surface area contributed by atoms with Crippen molar-refractivity contribution in [2.75, 3.05) is 21.3 Å².